The lowest BCUT2D eigenvalue weighted by Crippen LogP contribution is -2.61. The van der Waals surface area contributed by atoms with Gasteiger partial charge in [-0.25, -0.2) is 0 Å². The second-order valence-electron chi connectivity index (χ2n) is 6.76. The van der Waals surface area contributed by atoms with Gasteiger partial charge in [0.2, 0.25) is 0 Å². The Morgan fingerprint density at radius 1 is 1.35 bits per heavy atom. The molecule has 1 saturated heterocycles. The fraction of sp³-hybridized carbons (Fsp3) is 1.00. The fourth-order valence-electron chi connectivity index (χ4n) is 2.86. The molecule has 1 aliphatic carbocycles. The third-order valence-electron chi connectivity index (χ3n) is 4.12. The van der Waals surface area contributed by atoms with Crippen molar-refractivity contribution in [2.24, 2.45) is 5.92 Å². The highest BCUT2D eigenvalue weighted by Crippen LogP contribution is 2.43. The van der Waals surface area contributed by atoms with E-state index in [1.165, 1.54) is 19.4 Å². The first-order chi connectivity index (χ1) is 7.92. The normalized spacial score (nSPS) is 31.8. The van der Waals surface area contributed by atoms with Crippen LogP contribution in [0.5, 0.6) is 0 Å². The molecule has 0 amide bonds. The van der Waals surface area contributed by atoms with Gasteiger partial charge in [0.25, 0.3) is 0 Å². The molecule has 17 heavy (non-hydrogen) atoms. The number of rotatable bonds is 4. The SMILES string of the molecule is CC(C)(C)OCCN1CCNCC1(C)C1CC1. The van der Waals surface area contributed by atoms with E-state index in [9.17, 15) is 0 Å². The molecule has 1 atom stereocenters. The van der Waals surface area contributed by atoms with Gasteiger partial charge in [-0.3, -0.25) is 4.90 Å². The van der Waals surface area contributed by atoms with Gasteiger partial charge in [-0.1, -0.05) is 0 Å². The van der Waals surface area contributed by atoms with E-state index in [0.29, 0.717) is 5.54 Å². The standard InChI is InChI=1S/C14H28N2O/c1-13(2,3)17-10-9-16-8-7-15-11-14(16,4)12-5-6-12/h12,15H,5-11H2,1-4H3. The first-order valence-corrected chi connectivity index (χ1v) is 7.01. The average molecular weight is 240 g/mol. The van der Waals surface area contributed by atoms with Gasteiger partial charge < -0.3 is 10.1 Å². The summed E-state index contributed by atoms with van der Waals surface area (Å²) in [7, 11) is 0. The quantitative estimate of drug-likeness (QED) is 0.812. The molecule has 1 N–H and O–H groups in total. The molecule has 2 rings (SSSR count). The molecular formula is C14H28N2O. The highest BCUT2D eigenvalue weighted by Gasteiger charge is 2.46. The molecule has 0 spiro atoms. The smallest absolute Gasteiger partial charge is 0.0600 e. The molecule has 0 aromatic rings. The van der Waals surface area contributed by atoms with Crippen LogP contribution < -0.4 is 5.32 Å². The van der Waals surface area contributed by atoms with Crippen LogP contribution in [-0.2, 0) is 4.74 Å². The van der Waals surface area contributed by atoms with Crippen molar-refractivity contribution in [2.45, 2.75) is 51.7 Å². The predicted molar refractivity (Wildman–Crippen MR) is 71.3 cm³/mol. The predicted octanol–water partition coefficient (Wildman–Crippen LogP) is 1.88. The summed E-state index contributed by atoms with van der Waals surface area (Å²) >= 11 is 0. The Bertz CT molecular complexity index is 257. The third-order valence-corrected chi connectivity index (χ3v) is 4.12. The zero-order valence-electron chi connectivity index (χ0n) is 11.9. The van der Waals surface area contributed by atoms with Crippen LogP contribution in [-0.4, -0.2) is 48.8 Å². The van der Waals surface area contributed by atoms with Gasteiger partial charge in [-0.2, -0.15) is 0 Å². The van der Waals surface area contributed by atoms with E-state index in [-0.39, 0.29) is 5.60 Å². The van der Waals surface area contributed by atoms with Crippen LogP contribution in [0.25, 0.3) is 0 Å². The summed E-state index contributed by atoms with van der Waals surface area (Å²) in [6.45, 7) is 14.2. The monoisotopic (exact) mass is 240 g/mol. The van der Waals surface area contributed by atoms with Crippen molar-refractivity contribution >= 4 is 0 Å². The Labute approximate surface area is 106 Å². The van der Waals surface area contributed by atoms with Crippen molar-refractivity contribution in [3.63, 3.8) is 0 Å². The Morgan fingerprint density at radius 2 is 2.06 bits per heavy atom. The minimum absolute atomic E-state index is 0.00990. The van der Waals surface area contributed by atoms with Gasteiger partial charge in [-0.05, 0) is 46.5 Å². The second-order valence-corrected chi connectivity index (χ2v) is 6.76. The third kappa shape index (κ3) is 3.43. The van der Waals surface area contributed by atoms with Gasteiger partial charge in [0.1, 0.15) is 0 Å². The van der Waals surface area contributed by atoms with Gasteiger partial charge in [0, 0.05) is 31.7 Å². The maximum absolute atomic E-state index is 5.86. The maximum atomic E-state index is 5.86. The highest BCUT2D eigenvalue weighted by atomic mass is 16.5. The van der Waals surface area contributed by atoms with Gasteiger partial charge in [0.15, 0.2) is 0 Å². The van der Waals surface area contributed by atoms with Crippen molar-refractivity contribution in [3.05, 3.63) is 0 Å². The van der Waals surface area contributed by atoms with Gasteiger partial charge >= 0.3 is 0 Å². The summed E-state index contributed by atoms with van der Waals surface area (Å²) < 4.78 is 5.86. The minimum atomic E-state index is -0.00990. The summed E-state index contributed by atoms with van der Waals surface area (Å²) in [5.74, 6) is 0.907. The molecule has 2 aliphatic rings. The molecule has 0 aromatic carbocycles. The van der Waals surface area contributed by atoms with Crippen LogP contribution in [0.15, 0.2) is 0 Å². The number of nitrogens with one attached hydrogen (secondary N) is 1. The maximum Gasteiger partial charge on any atom is 0.0600 e. The van der Waals surface area contributed by atoms with Crippen molar-refractivity contribution in [1.82, 2.24) is 10.2 Å². The molecule has 2 fully saturated rings. The van der Waals surface area contributed by atoms with E-state index in [0.717, 1.165) is 32.2 Å². The summed E-state index contributed by atoms with van der Waals surface area (Å²) in [4.78, 5) is 2.65. The molecular weight excluding hydrogens is 212 g/mol. The van der Waals surface area contributed by atoms with Crippen LogP contribution in [0.2, 0.25) is 0 Å². The summed E-state index contributed by atoms with van der Waals surface area (Å²) in [5, 5.41) is 3.55. The lowest BCUT2D eigenvalue weighted by molar-refractivity contribution is -0.0356. The van der Waals surface area contributed by atoms with E-state index in [4.69, 9.17) is 4.74 Å². The molecule has 1 heterocycles. The lowest BCUT2D eigenvalue weighted by atomic mass is 9.91. The van der Waals surface area contributed by atoms with Gasteiger partial charge in [-0.15, -0.1) is 0 Å². The minimum Gasteiger partial charge on any atom is -0.375 e. The molecule has 100 valence electrons. The van der Waals surface area contributed by atoms with Gasteiger partial charge in [0.05, 0.1) is 12.2 Å². The van der Waals surface area contributed by atoms with Crippen LogP contribution in [0.4, 0.5) is 0 Å². The van der Waals surface area contributed by atoms with E-state index in [1.807, 2.05) is 0 Å². The Hall–Kier alpha value is -0.120. The average Bonchev–Trinajstić information content (AvgIpc) is 3.02. The first-order valence-electron chi connectivity index (χ1n) is 7.01. The summed E-state index contributed by atoms with van der Waals surface area (Å²) in [6, 6.07) is 0. The second kappa shape index (κ2) is 4.87. The molecule has 1 unspecified atom stereocenters. The van der Waals surface area contributed by atoms with Crippen molar-refractivity contribution in [3.8, 4) is 0 Å². The Kier molecular flexibility index (Phi) is 3.81. The van der Waals surface area contributed by atoms with E-state index >= 15 is 0 Å². The number of hydrogen-bond acceptors (Lipinski definition) is 3. The zero-order chi connectivity index (χ0) is 12.5. The summed E-state index contributed by atoms with van der Waals surface area (Å²) in [6.07, 6.45) is 2.82. The Morgan fingerprint density at radius 3 is 2.65 bits per heavy atom. The van der Waals surface area contributed by atoms with Crippen molar-refractivity contribution < 1.29 is 4.74 Å². The fourth-order valence-corrected chi connectivity index (χ4v) is 2.86. The molecule has 0 aromatic heterocycles. The first kappa shape index (κ1) is 13.3. The van der Waals surface area contributed by atoms with Crippen molar-refractivity contribution in [2.75, 3.05) is 32.8 Å². The Balaban J connectivity index is 1.84. The van der Waals surface area contributed by atoms with Crippen LogP contribution >= 0.6 is 0 Å². The van der Waals surface area contributed by atoms with E-state index in [1.54, 1.807) is 0 Å². The van der Waals surface area contributed by atoms with E-state index < -0.39 is 0 Å². The lowest BCUT2D eigenvalue weighted by Gasteiger charge is -2.46. The molecule has 0 radical (unpaired) electrons. The van der Waals surface area contributed by atoms with E-state index in [2.05, 4.69) is 37.9 Å². The molecule has 1 saturated carbocycles. The van der Waals surface area contributed by atoms with Crippen molar-refractivity contribution in [1.29, 1.82) is 0 Å². The molecule has 1 aliphatic heterocycles. The molecule has 3 heteroatoms. The number of hydrogen-bond donors (Lipinski definition) is 1. The van der Waals surface area contributed by atoms with Crippen LogP contribution in [0, 0.1) is 5.92 Å². The largest absolute Gasteiger partial charge is 0.375 e. The molecule has 0 bridgehead atoms. The number of piperazine rings is 1. The van der Waals surface area contributed by atoms with Crippen LogP contribution in [0.3, 0.4) is 0 Å². The zero-order valence-corrected chi connectivity index (χ0v) is 11.9. The summed E-state index contributed by atoms with van der Waals surface area (Å²) in [5.41, 5.74) is 0.365. The number of nitrogens with zero attached hydrogens (tertiary/aromatic N) is 1. The highest BCUT2D eigenvalue weighted by molar-refractivity contribution is 5.02. The topological polar surface area (TPSA) is 24.5 Å². The van der Waals surface area contributed by atoms with Crippen LogP contribution in [0.1, 0.15) is 40.5 Å². The molecule has 3 nitrogen and oxygen atoms in total. The number of ether oxygens (including phenoxy) is 1.